The van der Waals surface area contributed by atoms with Crippen LogP contribution in [-0.4, -0.2) is 33.2 Å². The van der Waals surface area contributed by atoms with Gasteiger partial charge in [-0.1, -0.05) is 43.7 Å². The highest BCUT2D eigenvalue weighted by Gasteiger charge is 2.22. The Bertz CT molecular complexity index is 622. The van der Waals surface area contributed by atoms with Crippen molar-refractivity contribution in [2.75, 3.05) is 0 Å². The van der Waals surface area contributed by atoms with Crippen molar-refractivity contribution in [3.05, 3.63) is 42.1 Å². The summed E-state index contributed by atoms with van der Waals surface area (Å²) in [5, 5.41) is 18.3. The maximum Gasteiger partial charge on any atom is 0.326 e. The highest BCUT2D eigenvalue weighted by molar-refractivity contribution is 6.01. The summed E-state index contributed by atoms with van der Waals surface area (Å²) in [5.41, 5.74) is 1.74. The number of aliphatic carboxylic acids is 1. The second-order valence-electron chi connectivity index (χ2n) is 4.68. The molecule has 0 bridgehead atoms. The number of aromatic nitrogens is 2. The van der Waals surface area contributed by atoms with E-state index in [-0.39, 0.29) is 0 Å². The maximum absolute atomic E-state index is 12.3. The number of carboxylic acid groups (broad SMARTS) is 1. The minimum absolute atomic E-state index is 0.337. The minimum atomic E-state index is -1.03. The van der Waals surface area contributed by atoms with E-state index in [1.807, 2.05) is 37.3 Å². The van der Waals surface area contributed by atoms with Gasteiger partial charge in [-0.15, -0.1) is 0 Å². The molecule has 1 aromatic carbocycles. The van der Waals surface area contributed by atoms with Gasteiger partial charge in [0.2, 0.25) is 0 Å². The number of amides is 1. The van der Waals surface area contributed by atoms with Gasteiger partial charge >= 0.3 is 5.97 Å². The van der Waals surface area contributed by atoms with Crippen molar-refractivity contribution in [3.63, 3.8) is 0 Å². The summed E-state index contributed by atoms with van der Waals surface area (Å²) in [6.45, 7) is 1.87. The summed E-state index contributed by atoms with van der Waals surface area (Å²) >= 11 is 0. The number of hydrogen-bond acceptors (Lipinski definition) is 3. The molecular weight excluding hydrogens is 270 g/mol. The van der Waals surface area contributed by atoms with Gasteiger partial charge < -0.3 is 10.4 Å². The molecule has 2 aromatic rings. The molecule has 0 saturated carbocycles. The van der Waals surface area contributed by atoms with Gasteiger partial charge in [0.05, 0.1) is 17.5 Å². The van der Waals surface area contributed by atoms with Crippen LogP contribution in [0, 0.1) is 0 Å². The van der Waals surface area contributed by atoms with E-state index in [0.29, 0.717) is 24.1 Å². The Morgan fingerprint density at radius 3 is 2.67 bits per heavy atom. The smallest absolute Gasteiger partial charge is 0.326 e. The summed E-state index contributed by atoms with van der Waals surface area (Å²) in [7, 11) is 0. The predicted octanol–water partition coefficient (Wildman–Crippen LogP) is 2.06. The largest absolute Gasteiger partial charge is 0.480 e. The minimum Gasteiger partial charge on any atom is -0.480 e. The zero-order chi connectivity index (χ0) is 15.2. The summed E-state index contributed by atoms with van der Waals surface area (Å²) in [4.78, 5) is 23.4. The molecule has 21 heavy (non-hydrogen) atoms. The van der Waals surface area contributed by atoms with Gasteiger partial charge in [0.25, 0.3) is 5.91 Å². The SMILES string of the molecule is CCC[C@@H](NC(=O)c1cn[nH]c1-c1ccccc1)C(=O)O. The number of aromatic amines is 1. The number of nitrogens with zero attached hydrogens (tertiary/aromatic N) is 1. The van der Waals surface area contributed by atoms with Crippen LogP contribution in [0.2, 0.25) is 0 Å². The van der Waals surface area contributed by atoms with Gasteiger partial charge in [0.15, 0.2) is 0 Å². The van der Waals surface area contributed by atoms with Crippen molar-refractivity contribution in [2.45, 2.75) is 25.8 Å². The Labute approximate surface area is 122 Å². The Kier molecular flexibility index (Phi) is 4.71. The molecule has 1 aromatic heterocycles. The lowest BCUT2D eigenvalue weighted by Crippen LogP contribution is -2.40. The van der Waals surface area contributed by atoms with Gasteiger partial charge in [0, 0.05) is 5.56 Å². The van der Waals surface area contributed by atoms with Gasteiger partial charge in [-0.05, 0) is 6.42 Å². The molecule has 0 spiro atoms. The van der Waals surface area contributed by atoms with Crippen molar-refractivity contribution in [1.29, 1.82) is 0 Å². The lowest BCUT2D eigenvalue weighted by atomic mass is 10.1. The first-order chi connectivity index (χ1) is 10.1. The van der Waals surface area contributed by atoms with Gasteiger partial charge in [-0.25, -0.2) is 4.79 Å². The molecule has 1 heterocycles. The summed E-state index contributed by atoms with van der Waals surface area (Å²) in [5.74, 6) is -1.47. The van der Waals surface area contributed by atoms with Crippen LogP contribution < -0.4 is 5.32 Å². The quantitative estimate of drug-likeness (QED) is 0.757. The zero-order valence-electron chi connectivity index (χ0n) is 11.7. The lowest BCUT2D eigenvalue weighted by Gasteiger charge is -2.13. The molecule has 0 aliphatic rings. The highest BCUT2D eigenvalue weighted by atomic mass is 16.4. The van der Waals surface area contributed by atoms with E-state index in [0.717, 1.165) is 5.56 Å². The molecule has 0 saturated heterocycles. The monoisotopic (exact) mass is 287 g/mol. The Morgan fingerprint density at radius 1 is 1.33 bits per heavy atom. The number of H-pyrrole nitrogens is 1. The molecule has 110 valence electrons. The number of rotatable bonds is 6. The van der Waals surface area contributed by atoms with Crippen molar-refractivity contribution in [1.82, 2.24) is 15.5 Å². The van der Waals surface area contributed by atoms with Gasteiger partial charge in [-0.3, -0.25) is 9.89 Å². The van der Waals surface area contributed by atoms with Crippen molar-refractivity contribution in [3.8, 4) is 11.3 Å². The first-order valence-corrected chi connectivity index (χ1v) is 6.76. The Balaban J connectivity index is 2.21. The third-order valence-corrected chi connectivity index (χ3v) is 3.13. The molecule has 2 rings (SSSR count). The summed E-state index contributed by atoms with van der Waals surface area (Å²) in [6.07, 6.45) is 2.47. The number of carboxylic acids is 1. The van der Waals surface area contributed by atoms with E-state index in [4.69, 9.17) is 5.11 Å². The highest BCUT2D eigenvalue weighted by Crippen LogP contribution is 2.20. The number of benzene rings is 1. The average Bonchev–Trinajstić information content (AvgIpc) is 2.97. The van der Waals surface area contributed by atoms with Crippen molar-refractivity contribution >= 4 is 11.9 Å². The number of nitrogens with one attached hydrogen (secondary N) is 2. The summed E-state index contributed by atoms with van der Waals surface area (Å²) < 4.78 is 0. The molecule has 1 amide bonds. The van der Waals surface area contributed by atoms with E-state index in [1.165, 1.54) is 6.20 Å². The molecule has 0 aliphatic carbocycles. The topological polar surface area (TPSA) is 95.1 Å². The molecule has 3 N–H and O–H groups in total. The van der Waals surface area contributed by atoms with Crippen LogP contribution in [0.5, 0.6) is 0 Å². The second kappa shape index (κ2) is 6.69. The van der Waals surface area contributed by atoms with Crippen LogP contribution in [0.3, 0.4) is 0 Å². The van der Waals surface area contributed by atoms with Crippen LogP contribution >= 0.6 is 0 Å². The van der Waals surface area contributed by atoms with Crippen LogP contribution in [0.1, 0.15) is 30.1 Å². The molecule has 6 heteroatoms. The molecule has 0 aliphatic heterocycles. The van der Waals surface area contributed by atoms with Crippen LogP contribution in [-0.2, 0) is 4.79 Å². The Morgan fingerprint density at radius 2 is 2.05 bits per heavy atom. The zero-order valence-corrected chi connectivity index (χ0v) is 11.7. The second-order valence-corrected chi connectivity index (χ2v) is 4.68. The predicted molar refractivity (Wildman–Crippen MR) is 77.8 cm³/mol. The third-order valence-electron chi connectivity index (χ3n) is 3.13. The first-order valence-electron chi connectivity index (χ1n) is 6.76. The van der Waals surface area contributed by atoms with E-state index < -0.39 is 17.9 Å². The maximum atomic E-state index is 12.3. The van der Waals surface area contributed by atoms with Crippen LogP contribution in [0.4, 0.5) is 0 Å². The van der Waals surface area contributed by atoms with Crippen molar-refractivity contribution < 1.29 is 14.7 Å². The molecule has 0 fully saturated rings. The fourth-order valence-electron chi connectivity index (χ4n) is 2.07. The van der Waals surface area contributed by atoms with E-state index in [9.17, 15) is 9.59 Å². The van der Waals surface area contributed by atoms with E-state index in [1.54, 1.807) is 0 Å². The average molecular weight is 287 g/mol. The summed E-state index contributed by atoms with van der Waals surface area (Å²) in [6, 6.07) is 8.41. The number of hydrogen-bond donors (Lipinski definition) is 3. The van der Waals surface area contributed by atoms with E-state index in [2.05, 4.69) is 15.5 Å². The molecule has 1 atom stereocenters. The van der Waals surface area contributed by atoms with Crippen molar-refractivity contribution in [2.24, 2.45) is 0 Å². The van der Waals surface area contributed by atoms with Crippen LogP contribution in [0.15, 0.2) is 36.5 Å². The first kappa shape index (κ1) is 14.8. The van der Waals surface area contributed by atoms with Gasteiger partial charge in [0.1, 0.15) is 6.04 Å². The Hall–Kier alpha value is -2.63. The molecule has 0 unspecified atom stereocenters. The molecule has 6 nitrogen and oxygen atoms in total. The normalized spacial score (nSPS) is 11.9. The van der Waals surface area contributed by atoms with Crippen LogP contribution in [0.25, 0.3) is 11.3 Å². The number of carbonyl (C=O) groups excluding carboxylic acids is 1. The molecular formula is C15H17N3O3. The lowest BCUT2D eigenvalue weighted by molar-refractivity contribution is -0.139. The fourth-order valence-corrected chi connectivity index (χ4v) is 2.07. The fraction of sp³-hybridized carbons (Fsp3) is 0.267. The van der Waals surface area contributed by atoms with Gasteiger partial charge in [-0.2, -0.15) is 5.10 Å². The standard InChI is InChI=1S/C15H17N3O3/c1-2-6-12(15(20)21)17-14(19)11-9-16-18-13(11)10-7-4-3-5-8-10/h3-5,7-9,12H,2,6H2,1H3,(H,16,18)(H,17,19)(H,20,21)/t12-/m1/s1. The number of carbonyl (C=O) groups is 2. The molecule has 0 radical (unpaired) electrons. The van der Waals surface area contributed by atoms with E-state index >= 15 is 0 Å². The third kappa shape index (κ3) is 3.47.